The van der Waals surface area contributed by atoms with E-state index in [0.717, 1.165) is 6.42 Å². The summed E-state index contributed by atoms with van der Waals surface area (Å²) in [6.45, 7) is 7.79. The first kappa shape index (κ1) is 16.4. The smallest absolute Gasteiger partial charge is 0.315 e. The molecule has 7 nitrogen and oxygen atoms in total. The van der Waals surface area contributed by atoms with Gasteiger partial charge in [-0.15, -0.1) is 0 Å². The van der Waals surface area contributed by atoms with Crippen molar-refractivity contribution in [2.75, 3.05) is 6.54 Å². The molecule has 0 aliphatic carbocycles. The molecule has 0 fully saturated rings. The van der Waals surface area contributed by atoms with Gasteiger partial charge in [0.05, 0.1) is 12.1 Å². The van der Waals surface area contributed by atoms with Gasteiger partial charge in [0.25, 0.3) is 0 Å². The number of carbonyl (C=O) groups is 1. The van der Waals surface area contributed by atoms with Crippen LogP contribution in [0.3, 0.4) is 0 Å². The Morgan fingerprint density at radius 1 is 1.40 bits per heavy atom. The zero-order valence-electron chi connectivity index (χ0n) is 12.5. The summed E-state index contributed by atoms with van der Waals surface area (Å²) in [6.07, 6.45) is 0.975. The SMILES string of the molecule is CCC(NC(=O)NCC(O)C(C)CC)c1noc(C)n1. The van der Waals surface area contributed by atoms with Gasteiger partial charge in [0.2, 0.25) is 5.89 Å². The average molecular weight is 284 g/mol. The molecule has 20 heavy (non-hydrogen) atoms. The lowest BCUT2D eigenvalue weighted by atomic mass is 10.0. The number of nitrogens with zero attached hydrogens (tertiary/aromatic N) is 2. The maximum Gasteiger partial charge on any atom is 0.315 e. The van der Waals surface area contributed by atoms with Gasteiger partial charge in [-0.05, 0) is 12.3 Å². The molecule has 3 atom stereocenters. The summed E-state index contributed by atoms with van der Waals surface area (Å²) >= 11 is 0. The number of aromatic nitrogens is 2. The first-order chi connectivity index (χ1) is 9.47. The topological polar surface area (TPSA) is 100 Å². The van der Waals surface area contributed by atoms with Crippen LogP contribution in [0.4, 0.5) is 4.79 Å². The molecule has 2 amide bonds. The molecule has 1 aromatic rings. The summed E-state index contributed by atoms with van der Waals surface area (Å²) in [5.41, 5.74) is 0. The molecule has 0 aliphatic heterocycles. The number of aliphatic hydroxyl groups is 1. The number of carbonyl (C=O) groups excluding carboxylic acids is 1. The van der Waals surface area contributed by atoms with E-state index >= 15 is 0 Å². The summed E-state index contributed by atoms with van der Waals surface area (Å²) < 4.78 is 4.90. The van der Waals surface area contributed by atoms with Crippen LogP contribution >= 0.6 is 0 Å². The number of amides is 2. The molecule has 3 unspecified atom stereocenters. The molecule has 0 aromatic carbocycles. The van der Waals surface area contributed by atoms with Crippen LogP contribution in [-0.2, 0) is 0 Å². The Labute approximate surface area is 119 Å². The third-order valence-electron chi connectivity index (χ3n) is 3.34. The fourth-order valence-corrected chi connectivity index (χ4v) is 1.69. The summed E-state index contributed by atoms with van der Waals surface area (Å²) in [5.74, 6) is 1.08. The van der Waals surface area contributed by atoms with Gasteiger partial charge in [0, 0.05) is 13.5 Å². The van der Waals surface area contributed by atoms with Gasteiger partial charge in [-0.3, -0.25) is 0 Å². The maximum absolute atomic E-state index is 11.8. The third kappa shape index (κ3) is 4.80. The van der Waals surface area contributed by atoms with Crippen molar-refractivity contribution in [2.45, 2.75) is 52.7 Å². The zero-order valence-corrected chi connectivity index (χ0v) is 12.5. The third-order valence-corrected chi connectivity index (χ3v) is 3.34. The van der Waals surface area contributed by atoms with Crippen molar-refractivity contribution in [1.29, 1.82) is 0 Å². The molecule has 0 bridgehead atoms. The van der Waals surface area contributed by atoms with Gasteiger partial charge in [0.1, 0.15) is 0 Å². The van der Waals surface area contributed by atoms with Crippen LogP contribution in [0.2, 0.25) is 0 Å². The molecule has 1 aromatic heterocycles. The van der Waals surface area contributed by atoms with Gasteiger partial charge in [-0.1, -0.05) is 32.3 Å². The van der Waals surface area contributed by atoms with Gasteiger partial charge in [0.15, 0.2) is 5.82 Å². The zero-order chi connectivity index (χ0) is 15.1. The Morgan fingerprint density at radius 2 is 2.10 bits per heavy atom. The second-order valence-electron chi connectivity index (χ2n) is 4.94. The quantitative estimate of drug-likeness (QED) is 0.705. The summed E-state index contributed by atoms with van der Waals surface area (Å²) in [5, 5.41) is 19.0. The Balaban J connectivity index is 2.44. The average Bonchev–Trinajstić information content (AvgIpc) is 2.87. The van der Waals surface area contributed by atoms with Crippen LogP contribution in [0.25, 0.3) is 0 Å². The van der Waals surface area contributed by atoms with Crippen molar-refractivity contribution in [2.24, 2.45) is 5.92 Å². The largest absolute Gasteiger partial charge is 0.391 e. The van der Waals surface area contributed by atoms with Crippen LogP contribution < -0.4 is 10.6 Å². The highest BCUT2D eigenvalue weighted by atomic mass is 16.5. The Bertz CT molecular complexity index is 422. The number of rotatable bonds is 7. The van der Waals surface area contributed by atoms with Gasteiger partial charge in [-0.25, -0.2) is 4.79 Å². The van der Waals surface area contributed by atoms with Crippen LogP contribution in [-0.4, -0.2) is 33.9 Å². The summed E-state index contributed by atoms with van der Waals surface area (Å²) in [4.78, 5) is 15.9. The lowest BCUT2D eigenvalue weighted by Crippen LogP contribution is -2.42. The number of hydrogen-bond acceptors (Lipinski definition) is 5. The highest BCUT2D eigenvalue weighted by molar-refractivity contribution is 5.74. The van der Waals surface area contributed by atoms with E-state index in [1.165, 1.54) is 0 Å². The summed E-state index contributed by atoms with van der Waals surface area (Å²) in [7, 11) is 0. The molecule has 0 saturated carbocycles. The monoisotopic (exact) mass is 284 g/mol. The van der Waals surface area contributed by atoms with E-state index in [1.54, 1.807) is 6.92 Å². The van der Waals surface area contributed by atoms with E-state index in [4.69, 9.17) is 4.52 Å². The van der Waals surface area contributed by atoms with E-state index in [0.29, 0.717) is 18.1 Å². The van der Waals surface area contributed by atoms with Gasteiger partial charge < -0.3 is 20.3 Å². The Morgan fingerprint density at radius 3 is 2.60 bits per heavy atom. The summed E-state index contributed by atoms with van der Waals surface area (Å²) in [6, 6.07) is -0.644. The fourth-order valence-electron chi connectivity index (χ4n) is 1.69. The first-order valence-electron chi connectivity index (χ1n) is 7.00. The van der Waals surface area contributed by atoms with Crippen molar-refractivity contribution in [3.05, 3.63) is 11.7 Å². The van der Waals surface area contributed by atoms with Gasteiger partial charge >= 0.3 is 6.03 Å². The lowest BCUT2D eigenvalue weighted by Gasteiger charge is -2.19. The highest BCUT2D eigenvalue weighted by Crippen LogP contribution is 2.12. The van der Waals surface area contributed by atoms with Crippen LogP contribution in [0.5, 0.6) is 0 Å². The van der Waals surface area contributed by atoms with Crippen molar-refractivity contribution in [3.63, 3.8) is 0 Å². The second kappa shape index (κ2) is 7.84. The van der Waals surface area contributed by atoms with E-state index in [-0.39, 0.29) is 24.5 Å². The number of aliphatic hydroxyl groups excluding tert-OH is 1. The first-order valence-corrected chi connectivity index (χ1v) is 7.00. The molecule has 1 rings (SSSR count). The molecule has 0 saturated heterocycles. The molecule has 7 heteroatoms. The van der Waals surface area contributed by atoms with Crippen molar-refractivity contribution in [3.8, 4) is 0 Å². The van der Waals surface area contributed by atoms with Crippen molar-refractivity contribution in [1.82, 2.24) is 20.8 Å². The lowest BCUT2D eigenvalue weighted by molar-refractivity contribution is 0.114. The number of urea groups is 1. The fraction of sp³-hybridized carbons (Fsp3) is 0.769. The normalized spacial score (nSPS) is 15.4. The minimum absolute atomic E-state index is 0.150. The van der Waals surface area contributed by atoms with Crippen LogP contribution in [0, 0.1) is 12.8 Å². The highest BCUT2D eigenvalue weighted by Gasteiger charge is 2.19. The standard InChI is InChI=1S/C13H24N4O3/c1-5-8(3)11(18)7-14-13(19)16-10(6-2)12-15-9(4)20-17-12/h8,10-11,18H,5-7H2,1-4H3,(H2,14,16,19). The molecule has 1 heterocycles. The number of aryl methyl sites for hydroxylation is 1. The molecule has 0 spiro atoms. The van der Waals surface area contributed by atoms with E-state index < -0.39 is 6.10 Å². The van der Waals surface area contributed by atoms with Gasteiger partial charge in [-0.2, -0.15) is 4.98 Å². The predicted molar refractivity (Wildman–Crippen MR) is 74.1 cm³/mol. The number of hydrogen-bond donors (Lipinski definition) is 3. The predicted octanol–water partition coefficient (Wildman–Crippen LogP) is 1.54. The molecular weight excluding hydrogens is 260 g/mol. The Kier molecular flexibility index (Phi) is 6.44. The molecule has 114 valence electrons. The van der Waals surface area contributed by atoms with Crippen LogP contribution in [0.1, 0.15) is 51.4 Å². The van der Waals surface area contributed by atoms with Crippen molar-refractivity contribution < 1.29 is 14.4 Å². The van der Waals surface area contributed by atoms with E-state index in [9.17, 15) is 9.90 Å². The molecule has 0 aliphatic rings. The molecule has 0 radical (unpaired) electrons. The van der Waals surface area contributed by atoms with E-state index in [2.05, 4.69) is 20.8 Å². The minimum atomic E-state index is -0.543. The van der Waals surface area contributed by atoms with Crippen LogP contribution in [0.15, 0.2) is 4.52 Å². The maximum atomic E-state index is 11.8. The van der Waals surface area contributed by atoms with E-state index in [1.807, 2.05) is 20.8 Å². The van der Waals surface area contributed by atoms with Crippen molar-refractivity contribution >= 4 is 6.03 Å². The second-order valence-corrected chi connectivity index (χ2v) is 4.94. The molecular formula is C13H24N4O3. The number of nitrogens with one attached hydrogen (secondary N) is 2. The molecule has 3 N–H and O–H groups in total. The minimum Gasteiger partial charge on any atom is -0.391 e. The Hall–Kier alpha value is -1.63.